The Morgan fingerprint density at radius 1 is 1.42 bits per heavy atom. The molecular formula is C14H30N4O. The van der Waals surface area contributed by atoms with E-state index in [2.05, 4.69) is 29.1 Å². The summed E-state index contributed by atoms with van der Waals surface area (Å²) in [6.07, 6.45) is 4.54. The van der Waals surface area contributed by atoms with Crippen molar-refractivity contribution in [2.45, 2.75) is 45.6 Å². The van der Waals surface area contributed by atoms with E-state index >= 15 is 0 Å². The summed E-state index contributed by atoms with van der Waals surface area (Å²) in [5, 5.41) is 11.9. The van der Waals surface area contributed by atoms with Gasteiger partial charge in [0.1, 0.15) is 5.84 Å². The molecule has 0 aliphatic carbocycles. The second-order valence-corrected chi connectivity index (χ2v) is 6.49. The monoisotopic (exact) mass is 270 g/mol. The van der Waals surface area contributed by atoms with E-state index in [0.717, 1.165) is 19.4 Å². The molecule has 0 aromatic carbocycles. The fraction of sp³-hybridized carbons (Fsp3) is 0.929. The molecule has 1 heterocycles. The lowest BCUT2D eigenvalue weighted by molar-refractivity contribution is 0.140. The van der Waals surface area contributed by atoms with Crippen LogP contribution >= 0.6 is 0 Å². The lowest BCUT2D eigenvalue weighted by Crippen LogP contribution is -2.42. The highest BCUT2D eigenvalue weighted by Gasteiger charge is 2.24. The zero-order chi connectivity index (χ0) is 14.5. The number of piperidine rings is 1. The highest BCUT2D eigenvalue weighted by atomic mass is 16.4. The van der Waals surface area contributed by atoms with Crippen molar-refractivity contribution in [3.05, 3.63) is 0 Å². The number of nitrogens with two attached hydrogens (primary N) is 1. The van der Waals surface area contributed by atoms with Crippen molar-refractivity contribution in [3.8, 4) is 0 Å². The molecule has 0 bridgehead atoms. The molecule has 0 radical (unpaired) electrons. The molecule has 0 aromatic heterocycles. The topological polar surface area (TPSA) is 65.1 Å². The molecule has 0 aromatic rings. The summed E-state index contributed by atoms with van der Waals surface area (Å²) in [5.74, 6) is 0.328. The second-order valence-electron chi connectivity index (χ2n) is 6.49. The third-order valence-corrected chi connectivity index (χ3v) is 4.43. The van der Waals surface area contributed by atoms with Gasteiger partial charge in [0.2, 0.25) is 0 Å². The number of hydrogen-bond acceptors (Lipinski definition) is 4. The standard InChI is InChI=1S/C14H30N4O/c1-14(2,13(15)16-19)8-5-9-18(4)12-6-10-17(3)11-7-12/h12,19H,5-11H2,1-4H3,(H2,15,16). The number of amidine groups is 1. The van der Waals surface area contributed by atoms with Gasteiger partial charge in [-0.1, -0.05) is 19.0 Å². The molecule has 5 heteroatoms. The van der Waals surface area contributed by atoms with Gasteiger partial charge in [0.05, 0.1) is 0 Å². The molecular weight excluding hydrogens is 240 g/mol. The molecule has 1 aliphatic heterocycles. The first-order chi connectivity index (χ1) is 8.86. The number of oxime groups is 1. The fourth-order valence-corrected chi connectivity index (χ4v) is 2.65. The SMILES string of the molecule is CN1CCC(N(C)CCCC(C)(C)C(N)=NO)CC1. The lowest BCUT2D eigenvalue weighted by atomic mass is 9.86. The van der Waals surface area contributed by atoms with Crippen LogP contribution in [0, 0.1) is 5.41 Å². The van der Waals surface area contributed by atoms with Crippen molar-refractivity contribution in [2.24, 2.45) is 16.3 Å². The summed E-state index contributed by atoms with van der Waals surface area (Å²) >= 11 is 0. The minimum atomic E-state index is -0.220. The maximum absolute atomic E-state index is 8.76. The minimum absolute atomic E-state index is 0.220. The van der Waals surface area contributed by atoms with Gasteiger partial charge in [-0.15, -0.1) is 0 Å². The summed E-state index contributed by atoms with van der Waals surface area (Å²) in [5.41, 5.74) is 5.49. The maximum atomic E-state index is 8.76. The number of hydrogen-bond donors (Lipinski definition) is 2. The zero-order valence-electron chi connectivity index (χ0n) is 12.9. The molecule has 1 aliphatic rings. The minimum Gasteiger partial charge on any atom is -0.409 e. The van der Waals surface area contributed by atoms with Crippen molar-refractivity contribution < 1.29 is 5.21 Å². The molecule has 3 N–H and O–H groups in total. The average Bonchev–Trinajstić information content (AvgIpc) is 2.38. The Hall–Kier alpha value is -0.810. The molecule has 0 unspecified atom stereocenters. The second kappa shape index (κ2) is 7.10. The van der Waals surface area contributed by atoms with E-state index in [1.54, 1.807) is 0 Å². The normalized spacial score (nSPS) is 20.2. The predicted octanol–water partition coefficient (Wildman–Crippen LogP) is 1.57. The Morgan fingerprint density at radius 2 is 2.00 bits per heavy atom. The molecule has 19 heavy (non-hydrogen) atoms. The Kier molecular flexibility index (Phi) is 6.07. The molecule has 112 valence electrons. The Balaban J connectivity index is 2.29. The Labute approximate surface area is 117 Å². The Bertz CT molecular complexity index is 296. The molecule has 5 nitrogen and oxygen atoms in total. The van der Waals surface area contributed by atoms with Gasteiger partial charge < -0.3 is 20.7 Å². The van der Waals surface area contributed by atoms with E-state index in [4.69, 9.17) is 10.9 Å². The molecule has 0 atom stereocenters. The van der Waals surface area contributed by atoms with Crippen molar-refractivity contribution in [3.63, 3.8) is 0 Å². The first-order valence-electron chi connectivity index (χ1n) is 7.23. The van der Waals surface area contributed by atoms with E-state index in [9.17, 15) is 0 Å². The molecule has 0 saturated carbocycles. The predicted molar refractivity (Wildman–Crippen MR) is 79.6 cm³/mol. The summed E-state index contributed by atoms with van der Waals surface area (Å²) in [4.78, 5) is 4.86. The van der Waals surface area contributed by atoms with Gasteiger partial charge in [-0.3, -0.25) is 0 Å². The zero-order valence-corrected chi connectivity index (χ0v) is 12.9. The van der Waals surface area contributed by atoms with Crippen molar-refractivity contribution in [1.82, 2.24) is 9.80 Å². The largest absolute Gasteiger partial charge is 0.409 e. The lowest BCUT2D eigenvalue weighted by Gasteiger charge is -2.35. The number of rotatable bonds is 6. The number of nitrogens with zero attached hydrogens (tertiary/aromatic N) is 3. The smallest absolute Gasteiger partial charge is 0.144 e. The van der Waals surface area contributed by atoms with Gasteiger partial charge >= 0.3 is 0 Å². The quantitative estimate of drug-likeness (QED) is 0.333. The maximum Gasteiger partial charge on any atom is 0.144 e. The third kappa shape index (κ3) is 4.99. The summed E-state index contributed by atoms with van der Waals surface area (Å²) < 4.78 is 0. The van der Waals surface area contributed by atoms with Crippen molar-refractivity contribution in [2.75, 3.05) is 33.7 Å². The summed E-state index contributed by atoms with van der Waals surface area (Å²) in [7, 11) is 4.40. The molecule has 1 saturated heterocycles. The van der Waals surface area contributed by atoms with E-state index in [1.165, 1.54) is 25.9 Å². The first-order valence-corrected chi connectivity index (χ1v) is 7.23. The number of likely N-dealkylation sites (tertiary alicyclic amines) is 1. The van der Waals surface area contributed by atoms with E-state index in [-0.39, 0.29) is 5.41 Å². The Morgan fingerprint density at radius 3 is 2.53 bits per heavy atom. The fourth-order valence-electron chi connectivity index (χ4n) is 2.65. The highest BCUT2D eigenvalue weighted by molar-refractivity contribution is 5.85. The van der Waals surface area contributed by atoms with E-state index in [0.29, 0.717) is 11.9 Å². The van der Waals surface area contributed by atoms with Gasteiger partial charge in [0, 0.05) is 11.5 Å². The van der Waals surface area contributed by atoms with Crippen LogP contribution in [-0.2, 0) is 0 Å². The van der Waals surface area contributed by atoms with Crippen molar-refractivity contribution in [1.29, 1.82) is 0 Å². The van der Waals surface area contributed by atoms with Gasteiger partial charge in [0.15, 0.2) is 0 Å². The summed E-state index contributed by atoms with van der Waals surface area (Å²) in [6.45, 7) is 7.53. The molecule has 0 spiro atoms. The van der Waals surface area contributed by atoms with Gasteiger partial charge in [0.25, 0.3) is 0 Å². The van der Waals surface area contributed by atoms with Crippen LogP contribution in [0.15, 0.2) is 5.16 Å². The van der Waals surface area contributed by atoms with Crippen LogP contribution in [0.2, 0.25) is 0 Å². The van der Waals surface area contributed by atoms with Crippen LogP contribution < -0.4 is 5.73 Å². The van der Waals surface area contributed by atoms with Crippen LogP contribution in [0.25, 0.3) is 0 Å². The van der Waals surface area contributed by atoms with Crippen LogP contribution in [0.3, 0.4) is 0 Å². The van der Waals surface area contributed by atoms with Crippen LogP contribution in [0.1, 0.15) is 39.5 Å². The third-order valence-electron chi connectivity index (χ3n) is 4.43. The van der Waals surface area contributed by atoms with E-state index < -0.39 is 0 Å². The molecule has 0 amide bonds. The molecule has 1 rings (SSSR count). The summed E-state index contributed by atoms with van der Waals surface area (Å²) in [6, 6.07) is 0.711. The van der Waals surface area contributed by atoms with E-state index in [1.807, 2.05) is 13.8 Å². The van der Waals surface area contributed by atoms with Gasteiger partial charge in [-0.25, -0.2) is 0 Å². The highest BCUT2D eigenvalue weighted by Crippen LogP contribution is 2.23. The van der Waals surface area contributed by atoms with Crippen LogP contribution in [0.4, 0.5) is 0 Å². The average molecular weight is 270 g/mol. The van der Waals surface area contributed by atoms with Crippen LogP contribution in [0.5, 0.6) is 0 Å². The first kappa shape index (κ1) is 16.2. The molecule has 1 fully saturated rings. The van der Waals surface area contributed by atoms with Crippen LogP contribution in [-0.4, -0.2) is 60.6 Å². The van der Waals surface area contributed by atoms with Crippen molar-refractivity contribution >= 4 is 5.84 Å². The van der Waals surface area contributed by atoms with Gasteiger partial charge in [-0.05, 0) is 59.4 Å². The van der Waals surface area contributed by atoms with Gasteiger partial charge in [-0.2, -0.15) is 0 Å².